The Balaban J connectivity index is 2.02. The van der Waals surface area contributed by atoms with Crippen LogP contribution in [0.15, 0.2) is 12.1 Å². The zero-order valence-corrected chi connectivity index (χ0v) is 11.6. The fraction of sp³-hybridized carbons (Fsp3) is 0.385. The first-order valence-electron chi connectivity index (χ1n) is 6.30. The molecule has 0 aromatic heterocycles. The van der Waals surface area contributed by atoms with E-state index >= 15 is 0 Å². The highest BCUT2D eigenvalue weighted by atomic mass is 35.5. The lowest BCUT2D eigenvalue weighted by Crippen LogP contribution is -2.40. The molecular weight excluding hydrogens is 306 g/mol. The zero-order chi connectivity index (χ0) is 15.6. The molecule has 1 aromatic rings. The molecule has 1 unspecified atom stereocenters. The lowest BCUT2D eigenvalue weighted by molar-refractivity contribution is -0.137. The molecule has 3 N–H and O–H groups in total. The molecule has 1 aliphatic carbocycles. The average Bonchev–Trinajstić information content (AvgIpc) is 3.16. The van der Waals surface area contributed by atoms with Crippen molar-refractivity contribution >= 4 is 29.3 Å². The van der Waals surface area contributed by atoms with Crippen LogP contribution in [0, 0.1) is 17.6 Å². The molecular formula is C13H13ClF2N2O3. The van der Waals surface area contributed by atoms with Crippen molar-refractivity contribution in [2.45, 2.75) is 25.3 Å². The Bertz CT molecular complexity index is 556. The summed E-state index contributed by atoms with van der Waals surface area (Å²) in [6, 6.07) is 0.165. The van der Waals surface area contributed by atoms with Crippen LogP contribution in [0.3, 0.4) is 0 Å². The van der Waals surface area contributed by atoms with Gasteiger partial charge in [-0.3, -0.25) is 4.79 Å². The minimum Gasteiger partial charge on any atom is -0.481 e. The van der Waals surface area contributed by atoms with Crippen molar-refractivity contribution in [2.24, 2.45) is 5.92 Å². The highest BCUT2D eigenvalue weighted by Crippen LogP contribution is 2.34. The Morgan fingerprint density at radius 2 is 2.05 bits per heavy atom. The molecule has 1 saturated carbocycles. The molecule has 0 saturated heterocycles. The van der Waals surface area contributed by atoms with Crippen LogP contribution in [0.25, 0.3) is 0 Å². The molecule has 1 aromatic carbocycles. The van der Waals surface area contributed by atoms with E-state index in [-0.39, 0.29) is 23.0 Å². The van der Waals surface area contributed by atoms with Crippen molar-refractivity contribution in [1.29, 1.82) is 0 Å². The molecule has 5 nitrogen and oxygen atoms in total. The number of carboxylic acid groups (broad SMARTS) is 1. The van der Waals surface area contributed by atoms with E-state index in [1.807, 2.05) is 0 Å². The number of aliphatic carboxylic acids is 1. The van der Waals surface area contributed by atoms with E-state index in [9.17, 15) is 18.4 Å². The van der Waals surface area contributed by atoms with E-state index in [2.05, 4.69) is 10.6 Å². The van der Waals surface area contributed by atoms with Crippen molar-refractivity contribution in [3.63, 3.8) is 0 Å². The van der Waals surface area contributed by atoms with E-state index in [1.165, 1.54) is 0 Å². The third kappa shape index (κ3) is 4.29. The maximum atomic E-state index is 13.5. The highest BCUT2D eigenvalue weighted by Gasteiger charge is 2.33. The van der Waals surface area contributed by atoms with Gasteiger partial charge < -0.3 is 15.7 Å². The predicted molar refractivity (Wildman–Crippen MR) is 72.3 cm³/mol. The van der Waals surface area contributed by atoms with E-state index < -0.39 is 29.7 Å². The standard InChI is InChI=1S/C13H13ClF2N2O3/c14-8-3-7(15)4-9(16)12(8)18-13(21)17-10(5-11(19)20)6-1-2-6/h3-4,6,10H,1-2,5H2,(H,19,20)(H2,17,18,21). The first kappa shape index (κ1) is 15.5. The SMILES string of the molecule is O=C(O)CC(NC(=O)Nc1c(F)cc(F)cc1Cl)C1CC1. The topological polar surface area (TPSA) is 78.4 Å². The number of benzene rings is 1. The van der Waals surface area contributed by atoms with Crippen molar-refractivity contribution in [3.05, 3.63) is 28.8 Å². The van der Waals surface area contributed by atoms with Gasteiger partial charge in [0.2, 0.25) is 0 Å². The summed E-state index contributed by atoms with van der Waals surface area (Å²) in [5.74, 6) is -2.78. The summed E-state index contributed by atoms with van der Waals surface area (Å²) in [6.07, 6.45) is 1.46. The highest BCUT2D eigenvalue weighted by molar-refractivity contribution is 6.33. The van der Waals surface area contributed by atoms with E-state index in [0.29, 0.717) is 6.07 Å². The van der Waals surface area contributed by atoms with Gasteiger partial charge >= 0.3 is 12.0 Å². The number of hydrogen-bond donors (Lipinski definition) is 3. The molecule has 0 heterocycles. The van der Waals surface area contributed by atoms with Gasteiger partial charge in [0.15, 0.2) is 5.82 Å². The van der Waals surface area contributed by atoms with Gasteiger partial charge in [-0.1, -0.05) is 11.6 Å². The van der Waals surface area contributed by atoms with E-state index in [4.69, 9.17) is 16.7 Å². The van der Waals surface area contributed by atoms with Crippen LogP contribution in [-0.2, 0) is 4.79 Å². The number of carbonyl (C=O) groups is 2. The van der Waals surface area contributed by atoms with Crippen LogP contribution in [0.2, 0.25) is 5.02 Å². The van der Waals surface area contributed by atoms with Crippen LogP contribution in [0.5, 0.6) is 0 Å². The summed E-state index contributed by atoms with van der Waals surface area (Å²) in [5, 5.41) is 13.2. The summed E-state index contributed by atoms with van der Waals surface area (Å²) >= 11 is 5.66. The summed E-state index contributed by atoms with van der Waals surface area (Å²) < 4.78 is 26.4. The maximum absolute atomic E-state index is 13.5. The molecule has 21 heavy (non-hydrogen) atoms. The number of anilines is 1. The van der Waals surface area contributed by atoms with Gasteiger partial charge in [-0.05, 0) is 24.8 Å². The minimum atomic E-state index is -1.03. The molecule has 0 radical (unpaired) electrons. The Kier molecular flexibility index (Phi) is 4.62. The van der Waals surface area contributed by atoms with Crippen LogP contribution in [0.1, 0.15) is 19.3 Å². The Labute approximate surface area is 124 Å². The fourth-order valence-corrected chi connectivity index (χ4v) is 2.24. The van der Waals surface area contributed by atoms with Gasteiger partial charge in [0.1, 0.15) is 5.82 Å². The first-order valence-corrected chi connectivity index (χ1v) is 6.68. The quantitative estimate of drug-likeness (QED) is 0.781. The molecule has 2 rings (SSSR count). The molecule has 0 bridgehead atoms. The maximum Gasteiger partial charge on any atom is 0.319 e. The third-order valence-electron chi connectivity index (χ3n) is 3.15. The molecule has 1 atom stereocenters. The van der Waals surface area contributed by atoms with Crippen LogP contribution in [0.4, 0.5) is 19.3 Å². The van der Waals surface area contributed by atoms with Gasteiger partial charge in [0.25, 0.3) is 0 Å². The molecule has 2 amide bonds. The summed E-state index contributed by atoms with van der Waals surface area (Å²) in [7, 11) is 0. The average molecular weight is 319 g/mol. The minimum absolute atomic E-state index is 0.111. The summed E-state index contributed by atoms with van der Waals surface area (Å²) in [6.45, 7) is 0. The largest absolute Gasteiger partial charge is 0.481 e. The zero-order valence-electron chi connectivity index (χ0n) is 10.8. The van der Waals surface area contributed by atoms with E-state index in [0.717, 1.165) is 18.9 Å². The predicted octanol–water partition coefficient (Wildman–Crippen LogP) is 2.99. The molecule has 1 aliphatic rings. The van der Waals surface area contributed by atoms with Gasteiger partial charge in [-0.25, -0.2) is 13.6 Å². The number of nitrogens with one attached hydrogen (secondary N) is 2. The third-order valence-corrected chi connectivity index (χ3v) is 3.45. The molecule has 8 heteroatoms. The van der Waals surface area contributed by atoms with Crippen molar-refractivity contribution in [3.8, 4) is 0 Å². The lowest BCUT2D eigenvalue weighted by Gasteiger charge is -2.17. The van der Waals surface area contributed by atoms with Gasteiger partial charge in [0, 0.05) is 12.1 Å². The van der Waals surface area contributed by atoms with Gasteiger partial charge in [-0.15, -0.1) is 0 Å². The van der Waals surface area contributed by atoms with Crippen molar-refractivity contribution < 1.29 is 23.5 Å². The number of carbonyl (C=O) groups excluding carboxylic acids is 1. The van der Waals surface area contributed by atoms with Crippen LogP contribution >= 0.6 is 11.6 Å². The number of amides is 2. The number of hydrogen-bond acceptors (Lipinski definition) is 2. The van der Waals surface area contributed by atoms with Gasteiger partial charge in [0.05, 0.1) is 17.1 Å². The first-order chi connectivity index (χ1) is 9.86. The van der Waals surface area contributed by atoms with Crippen LogP contribution < -0.4 is 10.6 Å². The Morgan fingerprint density at radius 1 is 1.38 bits per heavy atom. The van der Waals surface area contributed by atoms with E-state index in [1.54, 1.807) is 0 Å². The Morgan fingerprint density at radius 3 is 2.57 bits per heavy atom. The second-order valence-electron chi connectivity index (χ2n) is 4.88. The Hall–Kier alpha value is -1.89. The number of carboxylic acids is 1. The molecule has 0 spiro atoms. The lowest BCUT2D eigenvalue weighted by atomic mass is 10.1. The smallest absolute Gasteiger partial charge is 0.319 e. The molecule has 114 valence electrons. The monoisotopic (exact) mass is 318 g/mol. The van der Waals surface area contributed by atoms with Crippen molar-refractivity contribution in [1.82, 2.24) is 5.32 Å². The molecule has 0 aliphatic heterocycles. The van der Waals surface area contributed by atoms with Crippen molar-refractivity contribution in [2.75, 3.05) is 5.32 Å². The molecule has 1 fully saturated rings. The number of halogens is 3. The summed E-state index contributed by atoms with van der Waals surface area (Å²) in [5.41, 5.74) is -0.347. The number of rotatable bonds is 5. The summed E-state index contributed by atoms with van der Waals surface area (Å²) in [4.78, 5) is 22.5. The second kappa shape index (κ2) is 6.26. The van der Waals surface area contributed by atoms with Gasteiger partial charge in [-0.2, -0.15) is 0 Å². The normalized spacial score (nSPS) is 15.4. The number of urea groups is 1. The second-order valence-corrected chi connectivity index (χ2v) is 5.29. The fourth-order valence-electron chi connectivity index (χ4n) is 2.00. The van der Waals surface area contributed by atoms with Crippen LogP contribution in [-0.4, -0.2) is 23.1 Å².